The first kappa shape index (κ1) is 18.9. The van der Waals surface area contributed by atoms with Crippen LogP contribution in [0.15, 0.2) is 42.5 Å². The highest BCUT2D eigenvalue weighted by molar-refractivity contribution is 7.80. The quantitative estimate of drug-likeness (QED) is 0.586. The summed E-state index contributed by atoms with van der Waals surface area (Å²) in [6.45, 7) is 6.79. The van der Waals surface area contributed by atoms with Crippen LogP contribution < -0.4 is 15.4 Å². The van der Waals surface area contributed by atoms with Crippen LogP contribution in [0.25, 0.3) is 0 Å². The van der Waals surface area contributed by atoms with Gasteiger partial charge < -0.3 is 10.1 Å². The molecule has 0 saturated heterocycles. The molecule has 4 nitrogen and oxygen atoms in total. The summed E-state index contributed by atoms with van der Waals surface area (Å²) >= 11 is 5.24. The zero-order valence-corrected chi connectivity index (χ0v) is 15.7. The van der Waals surface area contributed by atoms with Crippen LogP contribution in [0.3, 0.4) is 0 Å². The van der Waals surface area contributed by atoms with Gasteiger partial charge in [-0.05, 0) is 73.9 Å². The summed E-state index contributed by atoms with van der Waals surface area (Å²) in [4.78, 5) is 12.4. The highest BCUT2D eigenvalue weighted by atomic mass is 32.1. The van der Waals surface area contributed by atoms with Gasteiger partial charge in [0.2, 0.25) is 0 Å². The summed E-state index contributed by atoms with van der Waals surface area (Å²) < 4.78 is 5.64. The van der Waals surface area contributed by atoms with Crippen LogP contribution in [0.5, 0.6) is 5.75 Å². The van der Waals surface area contributed by atoms with E-state index in [9.17, 15) is 4.79 Å². The van der Waals surface area contributed by atoms with Gasteiger partial charge in [-0.2, -0.15) is 0 Å². The Hall–Kier alpha value is -2.40. The van der Waals surface area contributed by atoms with Gasteiger partial charge in [-0.15, -0.1) is 0 Å². The van der Waals surface area contributed by atoms with Gasteiger partial charge in [0.25, 0.3) is 5.91 Å². The van der Waals surface area contributed by atoms with Gasteiger partial charge in [-0.25, -0.2) is 0 Å². The number of anilines is 1. The van der Waals surface area contributed by atoms with E-state index >= 15 is 0 Å². The molecule has 0 saturated carbocycles. The summed E-state index contributed by atoms with van der Waals surface area (Å²) in [6.07, 6.45) is 2.05. The van der Waals surface area contributed by atoms with Crippen LogP contribution >= 0.6 is 12.2 Å². The Kier molecular flexibility index (Phi) is 6.95. The van der Waals surface area contributed by atoms with Crippen LogP contribution in [-0.4, -0.2) is 17.6 Å². The van der Waals surface area contributed by atoms with E-state index in [-0.39, 0.29) is 11.0 Å². The normalized spacial score (nSPS) is 10.2. The second-order valence-corrected chi connectivity index (χ2v) is 6.42. The number of benzene rings is 2. The molecule has 5 heteroatoms. The highest BCUT2D eigenvalue weighted by Crippen LogP contribution is 2.15. The summed E-state index contributed by atoms with van der Waals surface area (Å²) in [7, 11) is 0. The lowest BCUT2D eigenvalue weighted by Crippen LogP contribution is -2.34. The minimum Gasteiger partial charge on any atom is -0.494 e. The molecule has 0 aliphatic rings. The maximum Gasteiger partial charge on any atom is 0.257 e. The molecule has 0 unspecified atom stereocenters. The number of hydrogen-bond donors (Lipinski definition) is 2. The van der Waals surface area contributed by atoms with Gasteiger partial charge in [0.05, 0.1) is 6.61 Å². The van der Waals surface area contributed by atoms with E-state index in [1.54, 1.807) is 18.2 Å². The van der Waals surface area contributed by atoms with Crippen molar-refractivity contribution in [3.8, 4) is 5.75 Å². The summed E-state index contributed by atoms with van der Waals surface area (Å²) in [5.74, 6) is 0.428. The molecule has 2 aromatic rings. The van der Waals surface area contributed by atoms with Gasteiger partial charge in [-0.1, -0.05) is 25.5 Å². The van der Waals surface area contributed by atoms with Crippen molar-refractivity contribution in [3.63, 3.8) is 0 Å². The molecule has 2 aromatic carbocycles. The fourth-order valence-electron chi connectivity index (χ4n) is 2.45. The third-order valence-electron chi connectivity index (χ3n) is 3.57. The number of aryl methyl sites for hydroxylation is 2. The number of unbranched alkanes of at least 4 members (excludes halogenated alkanes) is 1. The van der Waals surface area contributed by atoms with Gasteiger partial charge in [0.1, 0.15) is 5.75 Å². The van der Waals surface area contributed by atoms with Gasteiger partial charge in [-0.3, -0.25) is 10.1 Å². The number of rotatable bonds is 6. The second-order valence-electron chi connectivity index (χ2n) is 6.01. The van der Waals surface area contributed by atoms with Crippen molar-refractivity contribution in [2.75, 3.05) is 11.9 Å². The maximum absolute atomic E-state index is 12.4. The van der Waals surface area contributed by atoms with E-state index < -0.39 is 0 Å². The van der Waals surface area contributed by atoms with Crippen molar-refractivity contribution >= 4 is 28.9 Å². The highest BCUT2D eigenvalue weighted by Gasteiger charge is 2.09. The smallest absolute Gasteiger partial charge is 0.257 e. The van der Waals surface area contributed by atoms with E-state index in [2.05, 4.69) is 23.6 Å². The first-order valence-electron chi connectivity index (χ1n) is 8.41. The molecule has 25 heavy (non-hydrogen) atoms. The van der Waals surface area contributed by atoms with Crippen molar-refractivity contribution in [1.29, 1.82) is 0 Å². The lowest BCUT2D eigenvalue weighted by Gasteiger charge is -2.12. The molecule has 0 atom stereocenters. The molecule has 2 N–H and O–H groups in total. The molecular weight excluding hydrogens is 332 g/mol. The molecule has 0 spiro atoms. The van der Waals surface area contributed by atoms with E-state index in [1.165, 1.54) is 0 Å². The predicted octanol–water partition coefficient (Wildman–Crippen LogP) is 4.61. The summed E-state index contributed by atoms with van der Waals surface area (Å²) in [5.41, 5.74) is 3.64. The van der Waals surface area contributed by atoms with Gasteiger partial charge in [0, 0.05) is 11.3 Å². The first-order chi connectivity index (χ1) is 12.0. The van der Waals surface area contributed by atoms with Crippen molar-refractivity contribution < 1.29 is 9.53 Å². The third-order valence-corrected chi connectivity index (χ3v) is 3.77. The molecule has 0 fully saturated rings. The topological polar surface area (TPSA) is 50.4 Å². The molecule has 2 rings (SSSR count). The van der Waals surface area contributed by atoms with Crippen molar-refractivity contribution in [2.24, 2.45) is 0 Å². The predicted molar refractivity (Wildman–Crippen MR) is 106 cm³/mol. The average Bonchev–Trinajstić information content (AvgIpc) is 2.54. The third kappa shape index (κ3) is 6.19. The van der Waals surface area contributed by atoms with Crippen molar-refractivity contribution in [3.05, 3.63) is 59.2 Å². The Balaban J connectivity index is 1.96. The van der Waals surface area contributed by atoms with E-state index in [0.29, 0.717) is 17.9 Å². The van der Waals surface area contributed by atoms with E-state index in [1.807, 2.05) is 32.0 Å². The zero-order valence-electron chi connectivity index (χ0n) is 14.9. The number of hydrogen-bond acceptors (Lipinski definition) is 3. The van der Waals surface area contributed by atoms with Crippen molar-refractivity contribution in [2.45, 2.75) is 33.6 Å². The molecule has 1 amide bonds. The molecular formula is C20H24N2O2S. The van der Waals surface area contributed by atoms with Crippen LogP contribution in [0.1, 0.15) is 41.3 Å². The summed E-state index contributed by atoms with van der Waals surface area (Å²) in [5, 5.41) is 6.02. The monoisotopic (exact) mass is 356 g/mol. The van der Waals surface area contributed by atoms with Crippen LogP contribution in [0.2, 0.25) is 0 Å². The van der Waals surface area contributed by atoms with Crippen molar-refractivity contribution in [1.82, 2.24) is 5.32 Å². The number of nitrogens with one attached hydrogen (secondary N) is 2. The number of amides is 1. The Morgan fingerprint density at radius 3 is 2.52 bits per heavy atom. The Morgan fingerprint density at radius 2 is 1.84 bits per heavy atom. The zero-order chi connectivity index (χ0) is 18.2. The molecule has 0 aliphatic carbocycles. The lowest BCUT2D eigenvalue weighted by atomic mass is 10.1. The number of carbonyl (C=O) groups excluding carboxylic acids is 1. The average molecular weight is 356 g/mol. The molecule has 132 valence electrons. The molecule has 0 radical (unpaired) electrons. The Labute approximate surface area is 154 Å². The van der Waals surface area contributed by atoms with E-state index in [4.69, 9.17) is 17.0 Å². The van der Waals surface area contributed by atoms with Gasteiger partial charge in [0.15, 0.2) is 5.11 Å². The minimum absolute atomic E-state index is 0.261. The minimum atomic E-state index is -0.261. The van der Waals surface area contributed by atoms with Crippen LogP contribution in [0, 0.1) is 13.8 Å². The fourth-order valence-corrected chi connectivity index (χ4v) is 2.66. The van der Waals surface area contributed by atoms with Crippen LogP contribution in [-0.2, 0) is 0 Å². The fraction of sp³-hybridized carbons (Fsp3) is 0.300. The largest absolute Gasteiger partial charge is 0.494 e. The van der Waals surface area contributed by atoms with E-state index in [0.717, 1.165) is 29.7 Å². The SMILES string of the molecule is CCCCOc1cccc(C(=O)NC(=S)Nc2cc(C)cc(C)c2)c1. The van der Waals surface area contributed by atoms with Gasteiger partial charge >= 0.3 is 0 Å². The molecule has 0 heterocycles. The Morgan fingerprint density at radius 1 is 1.12 bits per heavy atom. The Bertz CT molecular complexity index is 739. The number of carbonyl (C=O) groups is 1. The molecule has 0 aliphatic heterocycles. The first-order valence-corrected chi connectivity index (χ1v) is 8.82. The molecule has 0 aromatic heterocycles. The lowest BCUT2D eigenvalue weighted by molar-refractivity contribution is 0.0977. The second kappa shape index (κ2) is 9.18. The van der Waals surface area contributed by atoms with Crippen LogP contribution in [0.4, 0.5) is 5.69 Å². The number of thiocarbonyl (C=S) groups is 1. The summed E-state index contributed by atoms with van der Waals surface area (Å²) in [6, 6.07) is 13.2. The molecule has 0 bridgehead atoms. The standard InChI is InChI=1S/C20H24N2O2S/c1-4-5-9-24-18-8-6-7-16(13-18)19(23)22-20(25)21-17-11-14(2)10-15(3)12-17/h6-8,10-13H,4-5,9H2,1-3H3,(H2,21,22,23,25). The number of ether oxygens (including phenoxy) is 1. The maximum atomic E-state index is 12.4.